The summed E-state index contributed by atoms with van der Waals surface area (Å²) < 4.78 is 5.76. The summed E-state index contributed by atoms with van der Waals surface area (Å²) in [6.45, 7) is 18.6. The average molecular weight is 898 g/mol. The summed E-state index contributed by atoms with van der Waals surface area (Å²) in [5.41, 5.74) is 1.36. The van der Waals surface area contributed by atoms with Crippen molar-refractivity contribution in [3.8, 4) is 5.75 Å². The molecule has 2 heterocycles. The van der Waals surface area contributed by atoms with E-state index in [0.717, 1.165) is 61.7 Å². The molecule has 0 spiro atoms. The van der Waals surface area contributed by atoms with Gasteiger partial charge in [-0.2, -0.15) is 0 Å². The minimum absolute atomic E-state index is 0.0150. The number of nitrogens with zero attached hydrogens (tertiary/aromatic N) is 3. The van der Waals surface area contributed by atoms with Gasteiger partial charge in [-0.05, 0) is 113 Å². The number of unbranched alkanes of at least 4 members (excludes halogenated alkanes) is 1. The van der Waals surface area contributed by atoms with Gasteiger partial charge in [0.15, 0.2) is 26.6 Å². The lowest BCUT2D eigenvalue weighted by Gasteiger charge is -2.39. The number of Topliss-reactive ketones (excluding diaryl/α,β-unsaturated/α-hetero) is 3. The molecule has 0 aliphatic carbocycles. The van der Waals surface area contributed by atoms with E-state index < -0.39 is 14.2 Å². The Balaban J connectivity index is 1.82. The van der Waals surface area contributed by atoms with Gasteiger partial charge in [-0.1, -0.05) is 79.9 Å². The molecule has 1 saturated heterocycles. The molecule has 1 fully saturated rings. The number of hydrogen-bond acceptors (Lipinski definition) is 11. The van der Waals surface area contributed by atoms with Crippen LogP contribution in [0.2, 0.25) is 19.1 Å². The molecule has 62 heavy (non-hydrogen) atoms. The highest BCUT2D eigenvalue weighted by Gasteiger charge is 2.39. The van der Waals surface area contributed by atoms with Crippen molar-refractivity contribution in [2.75, 3.05) is 20.3 Å². The highest BCUT2D eigenvalue weighted by Crippen LogP contribution is 2.34. The number of thiazole rings is 1. The second-order valence-electron chi connectivity index (χ2n) is 19.4. The summed E-state index contributed by atoms with van der Waals surface area (Å²) in [4.78, 5) is 87.4. The zero-order valence-corrected chi connectivity index (χ0v) is 41.4. The number of benzene rings is 1. The van der Waals surface area contributed by atoms with Crippen LogP contribution in [0.15, 0.2) is 29.6 Å². The fraction of sp³-hybridized carbons (Fsp3) is 0.714. The number of carbonyl (C=O) groups excluding carboxylic acids is 5. The number of amides is 1. The number of carbonyl (C=O) groups is 5. The fourth-order valence-electron chi connectivity index (χ4n) is 8.77. The van der Waals surface area contributed by atoms with Crippen LogP contribution in [0.25, 0.3) is 0 Å². The van der Waals surface area contributed by atoms with E-state index in [1.165, 1.54) is 11.3 Å². The van der Waals surface area contributed by atoms with Crippen LogP contribution in [-0.4, -0.2) is 94.6 Å². The normalized spacial score (nSPS) is 17.8. The van der Waals surface area contributed by atoms with Crippen LogP contribution in [0.3, 0.4) is 0 Å². The van der Waals surface area contributed by atoms with Gasteiger partial charge in [0.05, 0.1) is 11.0 Å². The molecular weight excluding hydrogens is 819 g/mol. The highest BCUT2D eigenvalue weighted by atomic mass is 32.1. The number of phenolic OH excluding ortho intramolecular Hbond substituents is 1. The van der Waals surface area contributed by atoms with E-state index in [1.807, 2.05) is 66.9 Å². The number of phenols is 1. The summed E-state index contributed by atoms with van der Waals surface area (Å²) in [5.74, 6) is -1.33. The van der Waals surface area contributed by atoms with E-state index in [4.69, 9.17) is 9.72 Å². The van der Waals surface area contributed by atoms with Crippen molar-refractivity contribution in [1.29, 1.82) is 0 Å². The zero-order valence-electron chi connectivity index (χ0n) is 39.6. The Morgan fingerprint density at radius 3 is 2.27 bits per heavy atom. The molecule has 0 saturated carbocycles. The van der Waals surface area contributed by atoms with Gasteiger partial charge in [-0.15, -0.1) is 11.3 Å². The van der Waals surface area contributed by atoms with Crippen LogP contribution in [0.4, 0.5) is 0 Å². The number of esters is 1. The molecule has 1 aromatic heterocycles. The van der Waals surface area contributed by atoms with E-state index >= 15 is 0 Å². The maximum atomic E-state index is 14.8. The Hall–Kier alpha value is -3.26. The molecule has 0 bridgehead atoms. The minimum atomic E-state index is -2.16. The van der Waals surface area contributed by atoms with Crippen LogP contribution in [0.1, 0.15) is 159 Å². The van der Waals surface area contributed by atoms with Gasteiger partial charge in [0, 0.05) is 54.9 Å². The molecule has 3 rings (SSSR count). The monoisotopic (exact) mass is 898 g/mol. The van der Waals surface area contributed by atoms with E-state index in [2.05, 4.69) is 18.7 Å². The average Bonchev–Trinajstić information content (AvgIpc) is 3.72. The van der Waals surface area contributed by atoms with Crippen molar-refractivity contribution in [3.05, 3.63) is 45.9 Å². The lowest BCUT2D eigenvalue weighted by Crippen LogP contribution is -2.50. The molecule has 1 aliphatic heterocycles. The first-order valence-electron chi connectivity index (χ1n) is 23.4. The van der Waals surface area contributed by atoms with Crippen molar-refractivity contribution >= 4 is 48.9 Å². The first-order chi connectivity index (χ1) is 29.2. The molecule has 2 N–H and O–H groups in total. The smallest absolute Gasteiger partial charge is 0.307 e. The third-order valence-electron chi connectivity index (χ3n) is 12.9. The van der Waals surface area contributed by atoms with Crippen LogP contribution in [0.5, 0.6) is 5.75 Å². The fourth-order valence-corrected chi connectivity index (χ4v) is 10.8. The van der Waals surface area contributed by atoms with E-state index in [-0.39, 0.29) is 103 Å². The summed E-state index contributed by atoms with van der Waals surface area (Å²) in [6.07, 6.45) is 8.46. The van der Waals surface area contributed by atoms with Gasteiger partial charge in [0.25, 0.3) is 0 Å². The molecule has 2 aromatic rings. The van der Waals surface area contributed by atoms with Crippen molar-refractivity contribution in [2.24, 2.45) is 29.6 Å². The lowest BCUT2D eigenvalue weighted by molar-refractivity contribution is -0.160. The van der Waals surface area contributed by atoms with Crippen molar-refractivity contribution in [1.82, 2.24) is 14.8 Å². The van der Waals surface area contributed by atoms with Crippen LogP contribution in [0, 0.1) is 29.6 Å². The zero-order chi connectivity index (χ0) is 46.1. The second kappa shape index (κ2) is 25.9. The van der Waals surface area contributed by atoms with E-state index in [1.54, 1.807) is 22.4 Å². The number of hydrogen-bond donors (Lipinski definition) is 2. The Morgan fingerprint density at radius 2 is 1.66 bits per heavy atom. The summed E-state index contributed by atoms with van der Waals surface area (Å²) in [5, 5.41) is 12.5. The number of aromatic nitrogens is 1. The van der Waals surface area contributed by atoms with Gasteiger partial charge in [-0.25, -0.2) is 4.98 Å². The summed E-state index contributed by atoms with van der Waals surface area (Å²) in [7, 11) is -0.170. The molecule has 11 nitrogen and oxygen atoms in total. The number of likely N-dealkylation sites (N-methyl/N-ethyl adjacent to an activating group) is 1. The standard InChI is InChI=1S/C49H79N3O8SSi/c1-11-17-47(57)60-32-52(49(58)40(34(5)12-2)30-46(56)42-18-13-15-24-51(42)8)43(33(3)4)27-36(7)48-50-41(31-61-48)45(55)29-38(28-37-20-22-39(53)23-21-37)26-35(6)44(54)19-14-16-25-62(9,10)59/h20-23,31,33-36,38,40,42-43,53,59H,11-19,24-30,32H2,1-10H3/t34?,35-,36+,38+,40-,42+,43+/m0/s1. The topological polar surface area (TPSA) is 154 Å². The van der Waals surface area contributed by atoms with E-state index in [9.17, 15) is 33.9 Å². The van der Waals surface area contributed by atoms with Crippen molar-refractivity contribution < 1.29 is 38.6 Å². The van der Waals surface area contributed by atoms with Crippen LogP contribution < -0.4 is 0 Å². The largest absolute Gasteiger partial charge is 0.508 e. The second-order valence-corrected chi connectivity index (χ2v) is 24.4. The van der Waals surface area contributed by atoms with Crippen LogP contribution in [-0.2, 0) is 30.3 Å². The number of rotatable bonds is 28. The number of aromatic hydroxyl groups is 1. The molecule has 1 amide bonds. The SMILES string of the molecule is CCCC(=O)OCN(C(=O)[C@@H](CC(=O)[C@H]1CCCCN1C)C(C)CC)[C@H](C[C@@H](C)c1nc(C(=O)C[C@@H](Cc2ccc(O)cc2)C[C@H](C)C(=O)CCCC[Si](C)(C)O)cs1)C(C)C. The van der Waals surface area contributed by atoms with Gasteiger partial charge in [0.1, 0.15) is 17.2 Å². The number of ether oxygens (including phenoxy) is 1. The molecule has 1 aromatic carbocycles. The number of piperidine rings is 1. The van der Waals surface area contributed by atoms with Crippen molar-refractivity contribution in [2.45, 2.75) is 175 Å². The predicted molar refractivity (Wildman–Crippen MR) is 251 cm³/mol. The molecule has 1 unspecified atom stereocenters. The highest BCUT2D eigenvalue weighted by molar-refractivity contribution is 7.09. The molecule has 0 radical (unpaired) electrons. The summed E-state index contributed by atoms with van der Waals surface area (Å²) >= 11 is 1.42. The molecule has 1 aliphatic rings. The molecule has 348 valence electrons. The number of ketones is 3. The lowest BCUT2D eigenvalue weighted by atomic mass is 9.82. The van der Waals surface area contributed by atoms with Gasteiger partial charge < -0.3 is 19.5 Å². The summed E-state index contributed by atoms with van der Waals surface area (Å²) in [6, 6.07) is 7.21. The maximum Gasteiger partial charge on any atom is 0.307 e. The van der Waals surface area contributed by atoms with Gasteiger partial charge in [-0.3, -0.25) is 28.9 Å². The van der Waals surface area contributed by atoms with Gasteiger partial charge >= 0.3 is 5.97 Å². The van der Waals surface area contributed by atoms with Gasteiger partial charge in [0.2, 0.25) is 5.91 Å². The van der Waals surface area contributed by atoms with Crippen molar-refractivity contribution in [3.63, 3.8) is 0 Å². The Bertz CT molecular complexity index is 1730. The first kappa shape index (κ1) is 53.1. The Morgan fingerprint density at radius 1 is 0.968 bits per heavy atom. The van der Waals surface area contributed by atoms with E-state index in [0.29, 0.717) is 37.8 Å². The molecular formula is C49H79N3O8SSi. The van der Waals surface area contributed by atoms with Crippen LogP contribution >= 0.6 is 11.3 Å². The number of likely N-dealkylation sites (tertiary alicyclic amines) is 1. The minimum Gasteiger partial charge on any atom is -0.508 e. The Labute approximate surface area is 377 Å². The maximum absolute atomic E-state index is 14.8. The third kappa shape index (κ3) is 17.4. The predicted octanol–water partition coefficient (Wildman–Crippen LogP) is 10.00. The Kier molecular flexibility index (Phi) is 22.2. The molecule has 13 heteroatoms. The first-order valence-corrected chi connectivity index (χ1v) is 27.5. The quantitative estimate of drug-likeness (QED) is 0.0277. The third-order valence-corrected chi connectivity index (χ3v) is 15.6. The molecule has 7 atom stereocenters.